The normalized spacial score (nSPS) is 10.0. The number of hydrogen-bond donors (Lipinski definition) is 1. The van der Waals surface area contributed by atoms with Crippen LogP contribution < -0.4 is 5.32 Å². The van der Waals surface area contributed by atoms with Gasteiger partial charge in [0, 0.05) is 9.50 Å². The minimum Gasteiger partial charge on any atom is -0.321 e. The maximum Gasteiger partial charge on any atom is 0.257 e. The molecular weight excluding hydrogens is 305 g/mol. The standard InChI is InChI=1S/C11H7BrClN3O/c12-9-2-1-8(13)5-10(9)16-11(17)7-3-4-14-15-6-7/h1-6H,(H,16,17). The zero-order chi connectivity index (χ0) is 12.3. The molecule has 0 aliphatic rings. The monoisotopic (exact) mass is 311 g/mol. The van der Waals surface area contributed by atoms with Crippen LogP contribution in [0.5, 0.6) is 0 Å². The van der Waals surface area contributed by atoms with Gasteiger partial charge in [-0.1, -0.05) is 11.6 Å². The fourth-order valence-electron chi connectivity index (χ4n) is 1.21. The van der Waals surface area contributed by atoms with E-state index in [1.807, 2.05) is 0 Å². The third-order valence-electron chi connectivity index (χ3n) is 2.02. The molecule has 1 amide bonds. The fourth-order valence-corrected chi connectivity index (χ4v) is 1.73. The number of rotatable bonds is 2. The molecule has 1 N–H and O–H groups in total. The Kier molecular flexibility index (Phi) is 3.71. The van der Waals surface area contributed by atoms with Gasteiger partial charge in [-0.15, -0.1) is 0 Å². The van der Waals surface area contributed by atoms with Crippen molar-refractivity contribution in [2.45, 2.75) is 0 Å². The van der Waals surface area contributed by atoms with E-state index in [1.165, 1.54) is 12.4 Å². The highest BCUT2D eigenvalue weighted by Gasteiger charge is 2.08. The summed E-state index contributed by atoms with van der Waals surface area (Å²) in [5.74, 6) is -0.261. The van der Waals surface area contributed by atoms with E-state index in [0.29, 0.717) is 16.3 Å². The van der Waals surface area contributed by atoms with Gasteiger partial charge in [-0.2, -0.15) is 10.2 Å². The molecule has 0 fully saturated rings. The van der Waals surface area contributed by atoms with Crippen molar-refractivity contribution in [1.82, 2.24) is 10.2 Å². The van der Waals surface area contributed by atoms with Crippen LogP contribution in [0.3, 0.4) is 0 Å². The molecule has 0 bridgehead atoms. The van der Waals surface area contributed by atoms with Gasteiger partial charge in [0.1, 0.15) is 0 Å². The summed E-state index contributed by atoms with van der Waals surface area (Å²) in [5, 5.41) is 10.5. The number of amides is 1. The molecule has 1 heterocycles. The maximum absolute atomic E-state index is 11.8. The van der Waals surface area contributed by atoms with Crippen LogP contribution in [-0.4, -0.2) is 16.1 Å². The average molecular weight is 313 g/mol. The third kappa shape index (κ3) is 3.01. The molecule has 0 radical (unpaired) electrons. The Morgan fingerprint density at radius 3 is 2.82 bits per heavy atom. The lowest BCUT2D eigenvalue weighted by atomic mass is 10.2. The van der Waals surface area contributed by atoms with E-state index in [0.717, 1.165) is 4.47 Å². The summed E-state index contributed by atoms with van der Waals surface area (Å²) in [6.45, 7) is 0. The largest absolute Gasteiger partial charge is 0.321 e. The van der Waals surface area contributed by atoms with Crippen LogP contribution in [0.25, 0.3) is 0 Å². The SMILES string of the molecule is O=C(Nc1cc(Cl)ccc1Br)c1ccnnc1. The number of benzene rings is 1. The molecule has 0 aliphatic carbocycles. The zero-order valence-corrected chi connectivity index (χ0v) is 10.9. The summed E-state index contributed by atoms with van der Waals surface area (Å²) in [5.41, 5.74) is 1.05. The second kappa shape index (κ2) is 5.25. The Bertz CT molecular complexity index is 548. The number of nitrogens with one attached hydrogen (secondary N) is 1. The minimum atomic E-state index is -0.261. The van der Waals surface area contributed by atoms with E-state index in [4.69, 9.17) is 11.6 Å². The van der Waals surface area contributed by atoms with Gasteiger partial charge in [-0.25, -0.2) is 0 Å². The molecule has 0 unspecified atom stereocenters. The number of carbonyl (C=O) groups is 1. The molecule has 0 aliphatic heterocycles. The second-order valence-corrected chi connectivity index (χ2v) is 4.50. The molecular formula is C11H7BrClN3O. The van der Waals surface area contributed by atoms with Crippen molar-refractivity contribution < 1.29 is 4.79 Å². The number of halogens is 2. The summed E-state index contributed by atoms with van der Waals surface area (Å²) < 4.78 is 0.761. The third-order valence-corrected chi connectivity index (χ3v) is 2.95. The van der Waals surface area contributed by atoms with E-state index in [9.17, 15) is 4.79 Å². The van der Waals surface area contributed by atoms with E-state index in [-0.39, 0.29) is 5.91 Å². The molecule has 2 aromatic rings. The maximum atomic E-state index is 11.8. The van der Waals surface area contributed by atoms with Crippen molar-refractivity contribution in [2.75, 3.05) is 5.32 Å². The molecule has 1 aromatic heterocycles. The Morgan fingerprint density at radius 2 is 2.12 bits per heavy atom. The first-order valence-electron chi connectivity index (χ1n) is 4.70. The Labute approximate surface area is 111 Å². The Morgan fingerprint density at radius 1 is 1.29 bits per heavy atom. The van der Waals surface area contributed by atoms with Crippen LogP contribution >= 0.6 is 27.5 Å². The number of carbonyl (C=O) groups excluding carboxylic acids is 1. The predicted molar refractivity (Wildman–Crippen MR) is 69.1 cm³/mol. The van der Waals surface area contributed by atoms with Crippen molar-refractivity contribution in [1.29, 1.82) is 0 Å². The highest BCUT2D eigenvalue weighted by Crippen LogP contribution is 2.26. The van der Waals surface area contributed by atoms with E-state index < -0.39 is 0 Å². The van der Waals surface area contributed by atoms with Crippen LogP contribution in [0.2, 0.25) is 5.02 Å². The van der Waals surface area contributed by atoms with Gasteiger partial charge in [0.2, 0.25) is 0 Å². The van der Waals surface area contributed by atoms with Crippen molar-refractivity contribution in [3.8, 4) is 0 Å². The van der Waals surface area contributed by atoms with Gasteiger partial charge < -0.3 is 5.32 Å². The topological polar surface area (TPSA) is 54.9 Å². The molecule has 86 valence electrons. The fraction of sp³-hybridized carbons (Fsp3) is 0. The molecule has 1 aromatic carbocycles. The van der Waals surface area contributed by atoms with Gasteiger partial charge in [-0.05, 0) is 40.2 Å². The zero-order valence-electron chi connectivity index (χ0n) is 8.52. The van der Waals surface area contributed by atoms with Crippen molar-refractivity contribution in [3.05, 3.63) is 51.7 Å². The predicted octanol–water partition coefficient (Wildman–Crippen LogP) is 3.14. The molecule has 2 rings (SSSR count). The van der Waals surface area contributed by atoms with Gasteiger partial charge >= 0.3 is 0 Å². The van der Waals surface area contributed by atoms with Crippen molar-refractivity contribution in [3.63, 3.8) is 0 Å². The number of anilines is 1. The van der Waals surface area contributed by atoms with Gasteiger partial charge in [0.05, 0.1) is 23.6 Å². The van der Waals surface area contributed by atoms with Crippen molar-refractivity contribution in [2.24, 2.45) is 0 Å². The van der Waals surface area contributed by atoms with E-state index >= 15 is 0 Å². The van der Waals surface area contributed by atoms with Crippen LogP contribution in [0.15, 0.2) is 41.1 Å². The highest BCUT2D eigenvalue weighted by atomic mass is 79.9. The Hall–Kier alpha value is -1.46. The summed E-state index contributed by atoms with van der Waals surface area (Å²) in [6, 6.07) is 6.75. The van der Waals surface area contributed by atoms with Crippen LogP contribution in [0, 0.1) is 0 Å². The molecule has 0 saturated carbocycles. The first-order valence-corrected chi connectivity index (χ1v) is 5.87. The lowest BCUT2D eigenvalue weighted by Gasteiger charge is -2.07. The van der Waals surface area contributed by atoms with E-state index in [1.54, 1.807) is 24.3 Å². The number of aromatic nitrogens is 2. The summed E-state index contributed by atoms with van der Waals surface area (Å²) >= 11 is 9.18. The molecule has 0 atom stereocenters. The highest BCUT2D eigenvalue weighted by molar-refractivity contribution is 9.10. The average Bonchev–Trinajstić information content (AvgIpc) is 2.35. The first-order chi connectivity index (χ1) is 8.16. The molecule has 17 heavy (non-hydrogen) atoms. The first kappa shape index (κ1) is 12.0. The molecule has 0 spiro atoms. The summed E-state index contributed by atoms with van der Waals surface area (Å²) in [7, 11) is 0. The quantitative estimate of drug-likeness (QED) is 0.927. The summed E-state index contributed by atoms with van der Waals surface area (Å²) in [6.07, 6.45) is 2.86. The van der Waals surface area contributed by atoms with Crippen LogP contribution in [-0.2, 0) is 0 Å². The smallest absolute Gasteiger partial charge is 0.257 e. The van der Waals surface area contributed by atoms with Crippen LogP contribution in [0.1, 0.15) is 10.4 Å². The van der Waals surface area contributed by atoms with Gasteiger partial charge in [0.15, 0.2) is 0 Å². The van der Waals surface area contributed by atoms with Gasteiger partial charge in [-0.3, -0.25) is 4.79 Å². The number of hydrogen-bond acceptors (Lipinski definition) is 3. The molecule has 4 nitrogen and oxygen atoms in total. The summed E-state index contributed by atoms with van der Waals surface area (Å²) in [4.78, 5) is 11.8. The van der Waals surface area contributed by atoms with Gasteiger partial charge in [0.25, 0.3) is 5.91 Å². The molecule has 6 heteroatoms. The Balaban J connectivity index is 2.22. The second-order valence-electron chi connectivity index (χ2n) is 3.21. The van der Waals surface area contributed by atoms with E-state index in [2.05, 4.69) is 31.4 Å². The minimum absolute atomic E-state index is 0.261. The van der Waals surface area contributed by atoms with Crippen molar-refractivity contribution >= 4 is 39.1 Å². The molecule has 0 saturated heterocycles. The lowest BCUT2D eigenvalue weighted by Crippen LogP contribution is -2.12. The van der Waals surface area contributed by atoms with Crippen LogP contribution in [0.4, 0.5) is 5.69 Å². The number of nitrogens with zero attached hydrogens (tertiary/aromatic N) is 2. The lowest BCUT2D eigenvalue weighted by molar-refractivity contribution is 0.102.